The van der Waals surface area contributed by atoms with E-state index in [2.05, 4.69) is 4.72 Å². The van der Waals surface area contributed by atoms with Crippen LogP contribution in [0.3, 0.4) is 0 Å². The van der Waals surface area contributed by atoms with Crippen LogP contribution in [0.25, 0.3) is 0 Å². The minimum Gasteiger partial charge on any atom is -0.229 e. The molecule has 0 radical (unpaired) electrons. The smallest absolute Gasteiger partial charge is 0.229 e. The average molecular weight is 392 g/mol. The molecule has 0 bridgehead atoms. The molecule has 5 nitrogen and oxygen atoms in total. The first-order valence-corrected chi connectivity index (χ1v) is 10.0. The van der Waals surface area contributed by atoms with Crippen LogP contribution >= 0.6 is 11.6 Å². The first kappa shape index (κ1) is 18.5. The summed E-state index contributed by atoms with van der Waals surface area (Å²) in [6.45, 7) is 1.39. The molecule has 11 heteroatoms. The van der Waals surface area contributed by atoms with Crippen LogP contribution in [0.15, 0.2) is 23.1 Å². The molecule has 1 saturated heterocycles. The van der Waals surface area contributed by atoms with E-state index in [1.807, 2.05) is 0 Å². The van der Waals surface area contributed by atoms with Gasteiger partial charge in [0.1, 0.15) is 4.90 Å². The first-order valence-electron chi connectivity index (χ1n) is 6.35. The van der Waals surface area contributed by atoms with Crippen molar-refractivity contribution in [2.45, 2.75) is 30.0 Å². The Morgan fingerprint density at radius 1 is 1.30 bits per heavy atom. The molecule has 0 aliphatic carbocycles. The Morgan fingerprint density at radius 3 is 2.39 bits per heavy atom. The van der Waals surface area contributed by atoms with Crippen LogP contribution in [-0.2, 0) is 26.0 Å². The highest BCUT2D eigenvalue weighted by Crippen LogP contribution is 2.34. The lowest BCUT2D eigenvalue weighted by molar-refractivity contribution is -0.137. The van der Waals surface area contributed by atoms with E-state index in [1.165, 1.54) is 6.92 Å². The number of nitrogens with one attached hydrogen (secondary N) is 1. The summed E-state index contributed by atoms with van der Waals surface area (Å²) in [5, 5.41) is -0.380. The summed E-state index contributed by atoms with van der Waals surface area (Å²) >= 11 is 5.71. The van der Waals surface area contributed by atoms with Crippen LogP contribution in [0, 0.1) is 0 Å². The minimum absolute atomic E-state index is 0.0329. The number of benzene rings is 1. The molecule has 1 unspecified atom stereocenters. The zero-order valence-corrected chi connectivity index (χ0v) is 14.2. The number of sulfone groups is 1. The number of halogens is 4. The van der Waals surface area contributed by atoms with Gasteiger partial charge in [-0.05, 0) is 31.5 Å². The highest BCUT2D eigenvalue weighted by molar-refractivity contribution is 7.92. The van der Waals surface area contributed by atoms with Gasteiger partial charge in [0.25, 0.3) is 0 Å². The van der Waals surface area contributed by atoms with Gasteiger partial charge in [0.05, 0.1) is 22.1 Å². The highest BCUT2D eigenvalue weighted by atomic mass is 35.5. The van der Waals surface area contributed by atoms with Crippen molar-refractivity contribution in [3.8, 4) is 0 Å². The number of hydrogen-bond donors (Lipinski definition) is 1. The predicted molar refractivity (Wildman–Crippen MR) is 78.5 cm³/mol. The molecule has 1 aliphatic rings. The molecule has 1 fully saturated rings. The molecule has 23 heavy (non-hydrogen) atoms. The standard InChI is InChI=1S/C12H13ClF3NO4S2/c1-11(4-5-22(18,19)7-11)17-23(20,21)10-6-8(12(14,15)16)2-3-9(10)13/h2-3,6,17H,4-5,7H2,1H3. The Bertz CT molecular complexity index is 836. The lowest BCUT2D eigenvalue weighted by Crippen LogP contribution is -2.46. The molecule has 1 N–H and O–H groups in total. The monoisotopic (exact) mass is 391 g/mol. The van der Waals surface area contributed by atoms with Crippen LogP contribution in [0.4, 0.5) is 13.2 Å². The summed E-state index contributed by atoms with van der Waals surface area (Å²) < 4.78 is 88.1. The van der Waals surface area contributed by atoms with Gasteiger partial charge < -0.3 is 0 Å². The van der Waals surface area contributed by atoms with Crippen molar-refractivity contribution < 1.29 is 30.0 Å². The fraction of sp³-hybridized carbons (Fsp3) is 0.500. The van der Waals surface area contributed by atoms with E-state index in [9.17, 15) is 30.0 Å². The second-order valence-corrected chi connectivity index (χ2v) is 9.89. The predicted octanol–water partition coefficient (Wildman–Crippen LogP) is 2.21. The summed E-state index contributed by atoms with van der Waals surface area (Å²) in [6.07, 6.45) is -4.69. The second-order valence-electron chi connectivity index (χ2n) is 5.65. The number of rotatable bonds is 3. The SMILES string of the molecule is CC1(NS(=O)(=O)c2cc(C(F)(F)F)ccc2Cl)CCS(=O)(=O)C1. The maximum Gasteiger partial charge on any atom is 0.416 e. The largest absolute Gasteiger partial charge is 0.416 e. The quantitative estimate of drug-likeness (QED) is 0.856. The Balaban J connectivity index is 2.41. The van der Waals surface area contributed by atoms with Gasteiger partial charge in [-0.3, -0.25) is 0 Å². The Morgan fingerprint density at radius 2 is 1.91 bits per heavy atom. The Kier molecular flexibility index (Phi) is 4.51. The van der Waals surface area contributed by atoms with E-state index in [-0.39, 0.29) is 17.2 Å². The van der Waals surface area contributed by atoms with Gasteiger partial charge in [-0.25, -0.2) is 21.6 Å². The van der Waals surface area contributed by atoms with E-state index in [0.29, 0.717) is 12.1 Å². The van der Waals surface area contributed by atoms with Crippen LogP contribution in [-0.4, -0.2) is 33.9 Å². The van der Waals surface area contributed by atoms with Crippen molar-refractivity contribution in [2.75, 3.05) is 11.5 Å². The molecule has 2 rings (SSSR count). The van der Waals surface area contributed by atoms with E-state index < -0.39 is 47.8 Å². The summed E-state index contributed by atoms with van der Waals surface area (Å²) in [7, 11) is -7.80. The number of hydrogen-bond acceptors (Lipinski definition) is 4. The third kappa shape index (κ3) is 4.17. The summed E-state index contributed by atoms with van der Waals surface area (Å²) in [5.41, 5.74) is -2.44. The van der Waals surface area contributed by atoms with Gasteiger partial charge in [0.15, 0.2) is 9.84 Å². The third-order valence-corrected chi connectivity index (χ3v) is 7.46. The number of alkyl halides is 3. The highest BCUT2D eigenvalue weighted by Gasteiger charge is 2.42. The van der Waals surface area contributed by atoms with Crippen molar-refractivity contribution in [1.29, 1.82) is 0 Å². The van der Waals surface area contributed by atoms with Gasteiger partial charge in [0.2, 0.25) is 10.0 Å². The summed E-state index contributed by atoms with van der Waals surface area (Å²) in [5.74, 6) is -0.613. The third-order valence-electron chi connectivity index (χ3n) is 3.43. The topological polar surface area (TPSA) is 80.3 Å². The first-order chi connectivity index (χ1) is 10.2. The molecule has 1 aromatic carbocycles. The molecule has 1 heterocycles. The van der Waals surface area contributed by atoms with Gasteiger partial charge in [-0.1, -0.05) is 11.6 Å². The molecule has 130 valence electrons. The molecule has 1 aromatic rings. The molecule has 0 amide bonds. The lowest BCUT2D eigenvalue weighted by atomic mass is 10.0. The van der Waals surface area contributed by atoms with Crippen molar-refractivity contribution in [3.63, 3.8) is 0 Å². The Hall–Kier alpha value is -0.840. The van der Waals surface area contributed by atoms with E-state index >= 15 is 0 Å². The average Bonchev–Trinajstić information content (AvgIpc) is 2.60. The van der Waals surface area contributed by atoms with Crippen LogP contribution < -0.4 is 4.72 Å². The van der Waals surface area contributed by atoms with E-state index in [1.54, 1.807) is 0 Å². The maximum atomic E-state index is 12.7. The second kappa shape index (κ2) is 5.61. The molecular weight excluding hydrogens is 379 g/mol. The zero-order chi connectivity index (χ0) is 17.7. The van der Waals surface area contributed by atoms with Crippen LogP contribution in [0.5, 0.6) is 0 Å². The molecule has 1 atom stereocenters. The fourth-order valence-electron chi connectivity index (χ4n) is 2.36. The normalized spacial score (nSPS) is 24.7. The summed E-state index contributed by atoms with van der Waals surface area (Å²) in [4.78, 5) is -0.737. The number of sulfonamides is 1. The molecule has 0 spiro atoms. The minimum atomic E-state index is -4.73. The molecule has 0 aromatic heterocycles. The van der Waals surface area contributed by atoms with Gasteiger partial charge in [-0.15, -0.1) is 0 Å². The van der Waals surface area contributed by atoms with Crippen molar-refractivity contribution >= 4 is 31.5 Å². The Labute approximate surface area is 136 Å². The van der Waals surface area contributed by atoms with Gasteiger partial charge in [0, 0.05) is 5.54 Å². The van der Waals surface area contributed by atoms with Crippen molar-refractivity contribution in [1.82, 2.24) is 4.72 Å². The van der Waals surface area contributed by atoms with Crippen LogP contribution in [0.2, 0.25) is 5.02 Å². The van der Waals surface area contributed by atoms with Crippen molar-refractivity contribution in [2.24, 2.45) is 0 Å². The van der Waals surface area contributed by atoms with Gasteiger partial charge >= 0.3 is 6.18 Å². The zero-order valence-electron chi connectivity index (χ0n) is 11.8. The van der Waals surface area contributed by atoms with E-state index in [0.717, 1.165) is 6.07 Å². The lowest BCUT2D eigenvalue weighted by Gasteiger charge is -2.24. The summed E-state index contributed by atoms with van der Waals surface area (Å²) in [6, 6.07) is 1.94. The van der Waals surface area contributed by atoms with Crippen molar-refractivity contribution in [3.05, 3.63) is 28.8 Å². The molecular formula is C12H13ClF3NO4S2. The fourth-order valence-corrected chi connectivity index (χ4v) is 6.50. The maximum absolute atomic E-state index is 12.7. The molecule has 0 saturated carbocycles. The van der Waals surface area contributed by atoms with Gasteiger partial charge in [-0.2, -0.15) is 13.2 Å². The van der Waals surface area contributed by atoms with E-state index in [4.69, 9.17) is 11.6 Å². The molecule has 1 aliphatic heterocycles. The van der Waals surface area contributed by atoms with Crippen LogP contribution in [0.1, 0.15) is 18.9 Å².